The molecule has 0 aliphatic rings. The number of nitrogens with zero attached hydrogens (tertiary/aromatic N) is 1. The van der Waals surface area contributed by atoms with E-state index in [4.69, 9.17) is 0 Å². The Morgan fingerprint density at radius 2 is 2.00 bits per heavy atom. The molecule has 0 amide bonds. The molecule has 0 spiro atoms. The van der Waals surface area contributed by atoms with Crippen molar-refractivity contribution in [2.24, 2.45) is 4.99 Å². The van der Waals surface area contributed by atoms with Crippen LogP contribution in [0.1, 0.15) is 33.6 Å². The second-order valence-corrected chi connectivity index (χ2v) is 2.83. The Hall–Kier alpha value is 1.01. The first-order valence-corrected chi connectivity index (χ1v) is 3.71. The Balaban J connectivity index is 0. The average molecular weight is 283 g/mol. The van der Waals surface area contributed by atoms with Crippen molar-refractivity contribution in [3.05, 3.63) is 0 Å². The molecule has 1 atom stereocenters. The van der Waals surface area contributed by atoms with E-state index in [1.165, 1.54) is 0 Å². The molecule has 3 heteroatoms. The Morgan fingerprint density at radius 3 is 2.27 bits per heavy atom. The fourth-order valence-electron chi connectivity index (χ4n) is 0.909. The van der Waals surface area contributed by atoms with Gasteiger partial charge in [0.15, 0.2) is 0 Å². The second kappa shape index (κ2) is 6.51. The van der Waals surface area contributed by atoms with E-state index in [0.29, 0.717) is 0 Å². The van der Waals surface area contributed by atoms with Crippen molar-refractivity contribution >= 4 is 5.71 Å². The topological polar surface area (TPSA) is 32.6 Å². The van der Waals surface area contributed by atoms with Gasteiger partial charge in [-0.05, 0) is 20.3 Å². The largest absolute Gasteiger partial charge is 0.384 e. The SMILES string of the molecule is CCCC(C)(O)C(C)=NC.[Ce]. The van der Waals surface area contributed by atoms with Gasteiger partial charge in [-0.15, -0.1) is 0 Å². The summed E-state index contributed by atoms with van der Waals surface area (Å²) in [6.45, 7) is 5.71. The summed E-state index contributed by atoms with van der Waals surface area (Å²) < 4.78 is 0. The molecule has 0 rings (SSSR count). The van der Waals surface area contributed by atoms with Gasteiger partial charge in [0, 0.05) is 54.5 Å². The summed E-state index contributed by atoms with van der Waals surface area (Å²) in [6.07, 6.45) is 1.77. The van der Waals surface area contributed by atoms with Crippen LogP contribution < -0.4 is 0 Å². The van der Waals surface area contributed by atoms with Crippen LogP contribution in [0.5, 0.6) is 0 Å². The van der Waals surface area contributed by atoms with Crippen molar-refractivity contribution in [2.75, 3.05) is 7.05 Å². The smallest absolute Gasteiger partial charge is 0.0991 e. The molecule has 0 aliphatic heterocycles. The first-order valence-electron chi connectivity index (χ1n) is 3.71. The molecule has 0 radical (unpaired) electrons. The van der Waals surface area contributed by atoms with Gasteiger partial charge in [0.1, 0.15) is 0 Å². The normalized spacial score (nSPS) is 17.0. The van der Waals surface area contributed by atoms with Gasteiger partial charge < -0.3 is 5.11 Å². The Labute approximate surface area is 103 Å². The molecule has 0 aromatic rings. The van der Waals surface area contributed by atoms with Gasteiger partial charge in [-0.1, -0.05) is 13.3 Å². The summed E-state index contributed by atoms with van der Waals surface area (Å²) in [5, 5.41) is 9.65. The molecular formula is C8H17CeNO. The van der Waals surface area contributed by atoms with Gasteiger partial charge in [0.2, 0.25) is 0 Å². The standard InChI is InChI=1S/C8H17NO.Ce/c1-5-6-8(3,10)7(2)9-4;/h10H,5-6H2,1-4H3;. The summed E-state index contributed by atoms with van der Waals surface area (Å²) in [5.74, 6) is 0. The van der Waals surface area contributed by atoms with Gasteiger partial charge >= 0.3 is 0 Å². The summed E-state index contributed by atoms with van der Waals surface area (Å²) in [5.41, 5.74) is 0.123. The fourth-order valence-corrected chi connectivity index (χ4v) is 0.909. The Morgan fingerprint density at radius 1 is 1.55 bits per heavy atom. The van der Waals surface area contributed by atoms with Gasteiger partial charge in [0.25, 0.3) is 0 Å². The van der Waals surface area contributed by atoms with E-state index < -0.39 is 5.60 Å². The van der Waals surface area contributed by atoms with Crippen LogP contribution in [-0.4, -0.2) is 23.5 Å². The van der Waals surface area contributed by atoms with Crippen molar-refractivity contribution in [1.29, 1.82) is 0 Å². The zero-order chi connectivity index (χ0) is 8.20. The minimum atomic E-state index is -0.691. The van der Waals surface area contributed by atoms with Crippen LogP contribution in [0.2, 0.25) is 0 Å². The predicted molar refractivity (Wildman–Crippen MR) is 44.6 cm³/mol. The van der Waals surface area contributed by atoms with E-state index in [1.807, 2.05) is 6.92 Å². The van der Waals surface area contributed by atoms with Crippen LogP contribution in [-0.2, 0) is 0 Å². The number of aliphatic imine (C=N–C) groups is 1. The van der Waals surface area contributed by atoms with Gasteiger partial charge in [-0.25, -0.2) is 0 Å². The number of hydrogen-bond donors (Lipinski definition) is 1. The number of rotatable bonds is 3. The molecule has 1 unspecified atom stereocenters. The van der Waals surface area contributed by atoms with Crippen LogP contribution in [0, 0.1) is 41.7 Å². The quantitative estimate of drug-likeness (QED) is 0.785. The van der Waals surface area contributed by atoms with E-state index in [0.717, 1.165) is 18.6 Å². The van der Waals surface area contributed by atoms with Crippen molar-refractivity contribution < 1.29 is 46.9 Å². The minimum absolute atomic E-state index is 0. The van der Waals surface area contributed by atoms with Crippen LogP contribution in [0.15, 0.2) is 4.99 Å². The zero-order valence-corrected chi connectivity index (χ0v) is 10.9. The average Bonchev–Trinajstić information content (AvgIpc) is 1.86. The summed E-state index contributed by atoms with van der Waals surface area (Å²) in [7, 11) is 1.71. The van der Waals surface area contributed by atoms with Gasteiger partial charge in [-0.3, -0.25) is 4.99 Å². The van der Waals surface area contributed by atoms with E-state index in [9.17, 15) is 5.11 Å². The predicted octanol–water partition coefficient (Wildman–Crippen LogP) is 1.63. The second-order valence-electron chi connectivity index (χ2n) is 2.83. The van der Waals surface area contributed by atoms with E-state index >= 15 is 0 Å². The molecule has 0 aromatic carbocycles. The number of hydrogen-bond acceptors (Lipinski definition) is 2. The van der Waals surface area contributed by atoms with E-state index in [-0.39, 0.29) is 41.7 Å². The van der Waals surface area contributed by atoms with Crippen molar-refractivity contribution in [3.8, 4) is 0 Å². The molecule has 0 heterocycles. The van der Waals surface area contributed by atoms with E-state index in [2.05, 4.69) is 11.9 Å². The molecule has 0 saturated carbocycles. The fraction of sp³-hybridized carbons (Fsp3) is 0.875. The van der Waals surface area contributed by atoms with Crippen LogP contribution in [0.4, 0.5) is 0 Å². The molecule has 11 heavy (non-hydrogen) atoms. The Kier molecular flexibility index (Phi) is 8.60. The molecule has 1 N–H and O–H groups in total. The van der Waals surface area contributed by atoms with Gasteiger partial charge in [-0.2, -0.15) is 0 Å². The van der Waals surface area contributed by atoms with Crippen LogP contribution in [0.25, 0.3) is 0 Å². The maximum atomic E-state index is 9.65. The maximum Gasteiger partial charge on any atom is 0.0991 e. The molecule has 0 aromatic heterocycles. The minimum Gasteiger partial charge on any atom is -0.384 e. The first-order chi connectivity index (χ1) is 4.54. The maximum absolute atomic E-state index is 9.65. The molecule has 64 valence electrons. The monoisotopic (exact) mass is 283 g/mol. The molecular weight excluding hydrogens is 266 g/mol. The first kappa shape index (κ1) is 14.5. The third kappa shape index (κ3) is 5.28. The third-order valence-electron chi connectivity index (χ3n) is 1.85. The van der Waals surface area contributed by atoms with E-state index in [1.54, 1.807) is 14.0 Å². The molecule has 0 bridgehead atoms. The zero-order valence-electron chi connectivity index (χ0n) is 7.81. The van der Waals surface area contributed by atoms with Crippen LogP contribution in [0.3, 0.4) is 0 Å². The summed E-state index contributed by atoms with van der Waals surface area (Å²) in [4.78, 5) is 3.95. The molecule has 0 fully saturated rings. The van der Waals surface area contributed by atoms with Crippen LogP contribution >= 0.6 is 0 Å². The van der Waals surface area contributed by atoms with Crippen molar-refractivity contribution in [3.63, 3.8) is 0 Å². The Bertz CT molecular complexity index is 132. The summed E-state index contributed by atoms with van der Waals surface area (Å²) in [6, 6.07) is 0. The van der Waals surface area contributed by atoms with Gasteiger partial charge in [0.05, 0.1) is 5.60 Å². The number of aliphatic hydroxyl groups is 1. The molecule has 0 saturated heterocycles. The third-order valence-corrected chi connectivity index (χ3v) is 1.85. The van der Waals surface area contributed by atoms with Crippen molar-refractivity contribution in [1.82, 2.24) is 0 Å². The van der Waals surface area contributed by atoms with Crippen molar-refractivity contribution in [2.45, 2.75) is 39.2 Å². The molecule has 0 aliphatic carbocycles. The molecule has 2 nitrogen and oxygen atoms in total. The summed E-state index contributed by atoms with van der Waals surface area (Å²) >= 11 is 0.